The molecule has 9 heteroatoms. The summed E-state index contributed by atoms with van der Waals surface area (Å²) in [5, 5.41) is 5.26. The first-order valence-electron chi connectivity index (χ1n) is 8.63. The minimum Gasteiger partial charge on any atom is -0.494 e. The number of halogens is 1. The molecule has 0 N–H and O–H groups in total. The Morgan fingerprint density at radius 3 is 3.00 bits per heavy atom. The van der Waals surface area contributed by atoms with Gasteiger partial charge >= 0.3 is 0 Å². The van der Waals surface area contributed by atoms with Crippen molar-refractivity contribution in [3.05, 3.63) is 35.1 Å². The van der Waals surface area contributed by atoms with E-state index >= 15 is 0 Å². The first kappa shape index (κ1) is 18.2. The van der Waals surface area contributed by atoms with E-state index in [1.807, 2.05) is 0 Å². The average Bonchev–Trinajstić information content (AvgIpc) is 3.40. The van der Waals surface area contributed by atoms with Gasteiger partial charge in [0.25, 0.3) is 5.91 Å². The van der Waals surface area contributed by atoms with E-state index in [2.05, 4.69) is 10.1 Å². The zero-order valence-electron chi connectivity index (χ0n) is 15.0. The van der Waals surface area contributed by atoms with Gasteiger partial charge in [0.15, 0.2) is 5.13 Å². The molecule has 1 fully saturated rings. The Hall–Kier alpha value is -2.16. The molecule has 0 bridgehead atoms. The van der Waals surface area contributed by atoms with Gasteiger partial charge in [-0.15, -0.1) is 0 Å². The number of rotatable bonds is 5. The van der Waals surface area contributed by atoms with Crippen molar-refractivity contribution in [3.63, 3.8) is 0 Å². The maximum Gasteiger partial charge on any atom is 0.278 e. The minimum absolute atomic E-state index is 0.00782. The molecule has 0 aliphatic carbocycles. The number of carbonyl (C=O) groups is 1. The van der Waals surface area contributed by atoms with E-state index in [1.165, 1.54) is 11.3 Å². The van der Waals surface area contributed by atoms with Crippen molar-refractivity contribution in [2.45, 2.75) is 18.9 Å². The molecule has 1 amide bonds. The first-order valence-corrected chi connectivity index (χ1v) is 9.82. The molecule has 1 aromatic carbocycles. The third-order valence-corrected chi connectivity index (χ3v) is 6.13. The van der Waals surface area contributed by atoms with Crippen LogP contribution in [0.3, 0.4) is 0 Å². The van der Waals surface area contributed by atoms with E-state index in [9.17, 15) is 4.79 Å². The van der Waals surface area contributed by atoms with Crippen molar-refractivity contribution in [2.75, 3.05) is 25.2 Å². The number of thiazole rings is 1. The molecular formula is C18H19ClN4O3S. The molecule has 27 heavy (non-hydrogen) atoms. The van der Waals surface area contributed by atoms with Gasteiger partial charge in [0.05, 0.1) is 29.5 Å². The maximum absolute atomic E-state index is 13.2. The molecule has 7 nitrogen and oxygen atoms in total. The van der Waals surface area contributed by atoms with Crippen LogP contribution in [-0.2, 0) is 11.8 Å². The number of nitrogens with zero attached hydrogens (tertiary/aromatic N) is 4. The molecule has 2 aromatic heterocycles. The molecule has 3 heterocycles. The van der Waals surface area contributed by atoms with E-state index in [0.717, 1.165) is 24.1 Å². The molecule has 3 aromatic rings. The largest absolute Gasteiger partial charge is 0.494 e. The number of methoxy groups -OCH3 is 1. The molecule has 0 spiro atoms. The van der Waals surface area contributed by atoms with E-state index in [0.29, 0.717) is 33.7 Å². The number of fused-ring (bicyclic) bond motifs is 1. The predicted octanol–water partition coefficient (Wildman–Crippen LogP) is 3.52. The number of aromatic nitrogens is 3. The van der Waals surface area contributed by atoms with Gasteiger partial charge in [0.1, 0.15) is 17.0 Å². The standard InChI is InChI=1S/C18H19ClN4O3S/c1-22-13(7-8-20-22)17(24)23(10-11-4-3-9-26-11)18-21-15-14(25-2)6-5-12(19)16(15)27-18/h5-8,11H,3-4,9-10H2,1-2H3/t11-/m1/s1. The zero-order valence-corrected chi connectivity index (χ0v) is 16.6. The summed E-state index contributed by atoms with van der Waals surface area (Å²) < 4.78 is 13.5. The van der Waals surface area contributed by atoms with Crippen LogP contribution in [0, 0.1) is 0 Å². The van der Waals surface area contributed by atoms with Gasteiger partial charge in [-0.1, -0.05) is 22.9 Å². The predicted molar refractivity (Wildman–Crippen MR) is 105 cm³/mol. The van der Waals surface area contributed by atoms with E-state index in [1.54, 1.807) is 48.1 Å². The topological polar surface area (TPSA) is 69.5 Å². The Kier molecular flexibility index (Phi) is 5.03. The minimum atomic E-state index is -0.167. The van der Waals surface area contributed by atoms with Crippen LogP contribution in [0.2, 0.25) is 5.02 Å². The third-order valence-electron chi connectivity index (χ3n) is 4.59. The second-order valence-corrected chi connectivity index (χ2v) is 7.70. The van der Waals surface area contributed by atoms with Crippen LogP contribution in [0.25, 0.3) is 10.2 Å². The molecule has 1 saturated heterocycles. The SMILES string of the molecule is COc1ccc(Cl)c2sc(N(C[C@H]3CCCO3)C(=O)c3ccnn3C)nc12. The maximum atomic E-state index is 13.2. The summed E-state index contributed by atoms with van der Waals surface area (Å²) in [5.41, 5.74) is 1.14. The van der Waals surface area contributed by atoms with Gasteiger partial charge in [-0.3, -0.25) is 14.4 Å². The van der Waals surface area contributed by atoms with Crippen LogP contribution in [0.15, 0.2) is 24.4 Å². The molecular weight excluding hydrogens is 388 g/mol. The number of carbonyl (C=O) groups excluding carboxylic acids is 1. The van der Waals surface area contributed by atoms with Crippen LogP contribution in [0.1, 0.15) is 23.3 Å². The lowest BCUT2D eigenvalue weighted by Gasteiger charge is -2.23. The summed E-state index contributed by atoms with van der Waals surface area (Å²) >= 11 is 7.72. The second-order valence-electron chi connectivity index (χ2n) is 6.31. The lowest BCUT2D eigenvalue weighted by molar-refractivity contribution is 0.0909. The van der Waals surface area contributed by atoms with Crippen molar-refractivity contribution in [2.24, 2.45) is 7.05 Å². The summed E-state index contributed by atoms with van der Waals surface area (Å²) in [6.45, 7) is 1.15. The van der Waals surface area contributed by atoms with Crippen molar-refractivity contribution in [1.29, 1.82) is 0 Å². The highest BCUT2D eigenvalue weighted by Gasteiger charge is 2.29. The Morgan fingerprint density at radius 2 is 2.33 bits per heavy atom. The number of anilines is 1. The molecule has 4 rings (SSSR count). The zero-order chi connectivity index (χ0) is 19.0. The Balaban J connectivity index is 1.78. The van der Waals surface area contributed by atoms with Gasteiger partial charge in [-0.25, -0.2) is 4.98 Å². The number of hydrogen-bond donors (Lipinski definition) is 0. The summed E-state index contributed by atoms with van der Waals surface area (Å²) in [6, 6.07) is 5.26. The second kappa shape index (κ2) is 7.46. The lowest BCUT2D eigenvalue weighted by atomic mass is 10.2. The Labute approximate surface area is 165 Å². The lowest BCUT2D eigenvalue weighted by Crippen LogP contribution is -2.38. The highest BCUT2D eigenvalue weighted by molar-refractivity contribution is 7.23. The van der Waals surface area contributed by atoms with Crippen LogP contribution < -0.4 is 9.64 Å². The molecule has 0 saturated carbocycles. The summed E-state index contributed by atoms with van der Waals surface area (Å²) in [7, 11) is 3.34. The first-order chi connectivity index (χ1) is 13.1. The number of hydrogen-bond acceptors (Lipinski definition) is 6. The van der Waals surface area contributed by atoms with E-state index in [-0.39, 0.29) is 12.0 Å². The third kappa shape index (κ3) is 3.40. The molecule has 1 aliphatic heterocycles. The van der Waals surface area contributed by atoms with Crippen molar-refractivity contribution in [1.82, 2.24) is 14.8 Å². The number of benzene rings is 1. The van der Waals surface area contributed by atoms with Crippen LogP contribution in [0.5, 0.6) is 5.75 Å². The van der Waals surface area contributed by atoms with Crippen molar-refractivity contribution < 1.29 is 14.3 Å². The molecule has 0 unspecified atom stereocenters. The van der Waals surface area contributed by atoms with E-state index in [4.69, 9.17) is 21.1 Å². The monoisotopic (exact) mass is 406 g/mol. The fraction of sp³-hybridized carbons (Fsp3) is 0.389. The molecule has 142 valence electrons. The fourth-order valence-corrected chi connectivity index (χ4v) is 4.45. The van der Waals surface area contributed by atoms with Gasteiger partial charge in [-0.2, -0.15) is 5.10 Å². The van der Waals surface area contributed by atoms with Crippen molar-refractivity contribution in [3.8, 4) is 5.75 Å². The van der Waals surface area contributed by atoms with Gasteiger partial charge < -0.3 is 9.47 Å². The summed E-state index contributed by atoms with van der Waals surface area (Å²) in [5.74, 6) is 0.460. The van der Waals surface area contributed by atoms with Crippen LogP contribution in [0.4, 0.5) is 5.13 Å². The average molecular weight is 407 g/mol. The van der Waals surface area contributed by atoms with Crippen molar-refractivity contribution >= 4 is 44.2 Å². The van der Waals surface area contributed by atoms with Gasteiger partial charge in [0.2, 0.25) is 0 Å². The van der Waals surface area contributed by atoms with Gasteiger partial charge in [0, 0.05) is 19.9 Å². The summed E-state index contributed by atoms with van der Waals surface area (Å²) in [6.07, 6.45) is 3.52. The summed E-state index contributed by atoms with van der Waals surface area (Å²) in [4.78, 5) is 19.6. The number of aryl methyl sites for hydroxylation is 1. The highest BCUT2D eigenvalue weighted by Crippen LogP contribution is 2.39. The van der Waals surface area contributed by atoms with Gasteiger partial charge in [-0.05, 0) is 31.0 Å². The Morgan fingerprint density at radius 1 is 1.48 bits per heavy atom. The quantitative estimate of drug-likeness (QED) is 0.648. The molecule has 1 atom stereocenters. The van der Waals surface area contributed by atoms with Crippen LogP contribution in [-0.4, -0.2) is 47.0 Å². The number of amides is 1. The highest BCUT2D eigenvalue weighted by atomic mass is 35.5. The van der Waals surface area contributed by atoms with E-state index < -0.39 is 0 Å². The molecule has 1 aliphatic rings. The smallest absolute Gasteiger partial charge is 0.278 e. The van der Waals surface area contributed by atoms with Crippen LogP contribution >= 0.6 is 22.9 Å². The fourth-order valence-electron chi connectivity index (χ4n) is 3.18. The number of ether oxygens (including phenoxy) is 2. The Bertz CT molecular complexity index is 980. The molecule has 0 radical (unpaired) electrons. The normalized spacial score (nSPS) is 16.8.